The highest BCUT2D eigenvalue weighted by atomic mass is 16.1. The van der Waals surface area contributed by atoms with Gasteiger partial charge in [0, 0.05) is 6.04 Å². The third kappa shape index (κ3) is 3.81. The molecule has 1 fully saturated rings. The molecule has 1 aliphatic carbocycles. The molecule has 0 aromatic carbocycles. The Kier molecular flexibility index (Phi) is 2.69. The first-order chi connectivity index (χ1) is 5.18. The minimum atomic E-state index is 0.0567. The molecule has 1 rings (SSSR count). The van der Waals surface area contributed by atoms with E-state index in [2.05, 4.69) is 19.2 Å². The Labute approximate surface area is 67.7 Å². The Morgan fingerprint density at radius 1 is 1.55 bits per heavy atom. The topological polar surface area (TPSA) is 29.1 Å². The first-order valence-electron chi connectivity index (χ1n) is 4.17. The van der Waals surface area contributed by atoms with Crippen molar-refractivity contribution in [2.75, 3.05) is 0 Å². The molecule has 0 radical (unpaired) electrons. The molecule has 1 aliphatic rings. The zero-order chi connectivity index (χ0) is 8.27. The lowest BCUT2D eigenvalue weighted by molar-refractivity contribution is -0.116. The summed E-state index contributed by atoms with van der Waals surface area (Å²) in [5.41, 5.74) is 0. The number of nitrogens with one attached hydrogen (secondary N) is 1. The predicted octanol–water partition coefficient (Wildman–Crippen LogP) is 1.48. The van der Waals surface area contributed by atoms with Crippen LogP contribution in [0.25, 0.3) is 0 Å². The molecule has 2 heteroatoms. The highest BCUT2D eigenvalue weighted by Gasteiger charge is 2.21. The van der Waals surface area contributed by atoms with Gasteiger partial charge in [-0.3, -0.25) is 4.79 Å². The lowest BCUT2D eigenvalue weighted by atomic mass is 10.2. The molecule has 0 aromatic rings. The Balaban J connectivity index is 2.18. The Bertz CT molecular complexity index is 168. The molecule has 1 amide bonds. The van der Waals surface area contributed by atoms with Gasteiger partial charge in [-0.25, -0.2) is 0 Å². The van der Waals surface area contributed by atoms with Crippen LogP contribution in [0.2, 0.25) is 0 Å². The maximum atomic E-state index is 11.0. The second-order valence-electron chi connectivity index (χ2n) is 3.39. The van der Waals surface area contributed by atoms with Crippen molar-refractivity contribution in [3.05, 3.63) is 12.2 Å². The third-order valence-electron chi connectivity index (χ3n) is 1.56. The van der Waals surface area contributed by atoms with E-state index in [1.54, 1.807) is 6.08 Å². The SMILES string of the molecule is CC(C)/C=C/C(=O)NC1CC1. The fraction of sp³-hybridized carbons (Fsp3) is 0.667. The first-order valence-corrected chi connectivity index (χ1v) is 4.17. The Morgan fingerprint density at radius 2 is 2.18 bits per heavy atom. The smallest absolute Gasteiger partial charge is 0.243 e. The lowest BCUT2D eigenvalue weighted by Gasteiger charge is -1.97. The molecule has 0 saturated heterocycles. The lowest BCUT2D eigenvalue weighted by Crippen LogP contribution is -2.23. The number of amides is 1. The van der Waals surface area contributed by atoms with E-state index in [0.717, 1.165) is 12.8 Å². The van der Waals surface area contributed by atoms with Crippen LogP contribution in [0.3, 0.4) is 0 Å². The summed E-state index contributed by atoms with van der Waals surface area (Å²) in [6.07, 6.45) is 5.85. The second-order valence-corrected chi connectivity index (χ2v) is 3.39. The van der Waals surface area contributed by atoms with Crippen molar-refractivity contribution in [2.24, 2.45) is 5.92 Å². The number of rotatable bonds is 3. The number of carbonyl (C=O) groups excluding carboxylic acids is 1. The van der Waals surface area contributed by atoms with Crippen LogP contribution in [-0.4, -0.2) is 11.9 Å². The van der Waals surface area contributed by atoms with Crippen molar-refractivity contribution in [1.29, 1.82) is 0 Å². The number of allylic oxidation sites excluding steroid dienone is 1. The highest BCUT2D eigenvalue weighted by molar-refractivity contribution is 5.87. The van der Waals surface area contributed by atoms with E-state index < -0.39 is 0 Å². The van der Waals surface area contributed by atoms with Gasteiger partial charge in [0.05, 0.1) is 0 Å². The minimum Gasteiger partial charge on any atom is -0.350 e. The fourth-order valence-electron chi connectivity index (χ4n) is 0.757. The molecule has 1 saturated carbocycles. The molecule has 11 heavy (non-hydrogen) atoms. The zero-order valence-electron chi connectivity index (χ0n) is 7.13. The molecule has 2 nitrogen and oxygen atoms in total. The van der Waals surface area contributed by atoms with Gasteiger partial charge in [-0.05, 0) is 24.8 Å². The Hall–Kier alpha value is -0.790. The van der Waals surface area contributed by atoms with Crippen LogP contribution in [0, 0.1) is 5.92 Å². The average Bonchev–Trinajstić information content (AvgIpc) is 2.67. The maximum absolute atomic E-state index is 11.0. The first kappa shape index (κ1) is 8.31. The van der Waals surface area contributed by atoms with Gasteiger partial charge in [0.25, 0.3) is 0 Å². The molecule has 0 spiro atoms. The molecule has 0 unspecified atom stereocenters. The zero-order valence-corrected chi connectivity index (χ0v) is 7.13. The van der Waals surface area contributed by atoms with Crippen molar-refractivity contribution in [2.45, 2.75) is 32.7 Å². The summed E-state index contributed by atoms with van der Waals surface area (Å²) in [6, 6.07) is 0.472. The van der Waals surface area contributed by atoms with Crippen LogP contribution >= 0.6 is 0 Å². The maximum Gasteiger partial charge on any atom is 0.243 e. The van der Waals surface area contributed by atoms with Gasteiger partial charge in [0.1, 0.15) is 0 Å². The summed E-state index contributed by atoms with van der Waals surface area (Å²) in [5, 5.41) is 2.88. The quantitative estimate of drug-likeness (QED) is 0.611. The van der Waals surface area contributed by atoms with Gasteiger partial charge in [-0.15, -0.1) is 0 Å². The van der Waals surface area contributed by atoms with Crippen molar-refractivity contribution < 1.29 is 4.79 Å². The fourth-order valence-corrected chi connectivity index (χ4v) is 0.757. The minimum absolute atomic E-state index is 0.0567. The Morgan fingerprint density at radius 3 is 2.64 bits per heavy atom. The van der Waals surface area contributed by atoms with Crippen LogP contribution in [0.5, 0.6) is 0 Å². The number of carbonyl (C=O) groups is 1. The van der Waals surface area contributed by atoms with E-state index in [0.29, 0.717) is 12.0 Å². The third-order valence-corrected chi connectivity index (χ3v) is 1.56. The number of hydrogen-bond acceptors (Lipinski definition) is 1. The second kappa shape index (κ2) is 3.56. The molecule has 1 N–H and O–H groups in total. The summed E-state index contributed by atoms with van der Waals surface area (Å²) in [4.78, 5) is 11.0. The molecule has 62 valence electrons. The van der Waals surface area contributed by atoms with Gasteiger partial charge in [-0.2, -0.15) is 0 Å². The summed E-state index contributed by atoms with van der Waals surface area (Å²) < 4.78 is 0. The van der Waals surface area contributed by atoms with Crippen LogP contribution < -0.4 is 5.32 Å². The van der Waals surface area contributed by atoms with Crippen molar-refractivity contribution in [3.8, 4) is 0 Å². The van der Waals surface area contributed by atoms with E-state index in [1.807, 2.05) is 6.08 Å². The summed E-state index contributed by atoms with van der Waals surface area (Å²) in [7, 11) is 0. The molecular formula is C9H15NO. The molecular weight excluding hydrogens is 138 g/mol. The van der Waals surface area contributed by atoms with E-state index in [9.17, 15) is 4.79 Å². The molecule has 0 aromatic heterocycles. The van der Waals surface area contributed by atoms with E-state index >= 15 is 0 Å². The molecule has 0 aliphatic heterocycles. The van der Waals surface area contributed by atoms with Crippen molar-refractivity contribution in [3.63, 3.8) is 0 Å². The van der Waals surface area contributed by atoms with E-state index in [-0.39, 0.29) is 5.91 Å². The number of hydrogen-bond donors (Lipinski definition) is 1. The standard InChI is InChI=1S/C9H15NO/c1-7(2)3-6-9(11)10-8-4-5-8/h3,6-8H,4-5H2,1-2H3,(H,10,11)/b6-3+. The summed E-state index contributed by atoms with van der Waals surface area (Å²) in [6.45, 7) is 4.11. The van der Waals surface area contributed by atoms with Crippen LogP contribution in [0.4, 0.5) is 0 Å². The molecule has 0 heterocycles. The monoisotopic (exact) mass is 153 g/mol. The van der Waals surface area contributed by atoms with Crippen LogP contribution in [0.15, 0.2) is 12.2 Å². The van der Waals surface area contributed by atoms with E-state index in [4.69, 9.17) is 0 Å². The normalized spacial score (nSPS) is 17.7. The van der Waals surface area contributed by atoms with Gasteiger partial charge in [0.15, 0.2) is 0 Å². The van der Waals surface area contributed by atoms with E-state index in [1.165, 1.54) is 0 Å². The highest BCUT2D eigenvalue weighted by Crippen LogP contribution is 2.18. The van der Waals surface area contributed by atoms with Crippen LogP contribution in [-0.2, 0) is 4.79 Å². The van der Waals surface area contributed by atoms with Gasteiger partial charge < -0.3 is 5.32 Å². The van der Waals surface area contributed by atoms with Gasteiger partial charge in [-0.1, -0.05) is 19.9 Å². The largest absolute Gasteiger partial charge is 0.350 e. The molecule has 0 bridgehead atoms. The van der Waals surface area contributed by atoms with Crippen LogP contribution in [0.1, 0.15) is 26.7 Å². The molecule has 0 atom stereocenters. The van der Waals surface area contributed by atoms with Gasteiger partial charge in [0.2, 0.25) is 5.91 Å². The van der Waals surface area contributed by atoms with Gasteiger partial charge >= 0.3 is 0 Å². The summed E-state index contributed by atoms with van der Waals surface area (Å²) in [5.74, 6) is 0.515. The van der Waals surface area contributed by atoms with Crippen molar-refractivity contribution in [1.82, 2.24) is 5.32 Å². The average molecular weight is 153 g/mol. The predicted molar refractivity (Wildman–Crippen MR) is 45.1 cm³/mol. The summed E-state index contributed by atoms with van der Waals surface area (Å²) >= 11 is 0. The van der Waals surface area contributed by atoms with Crippen molar-refractivity contribution >= 4 is 5.91 Å².